The first kappa shape index (κ1) is 19.2. The maximum atomic E-state index is 13.2. The van der Waals surface area contributed by atoms with Gasteiger partial charge >= 0.3 is 6.18 Å². The van der Waals surface area contributed by atoms with Crippen molar-refractivity contribution in [2.45, 2.75) is 18.0 Å². The quantitative estimate of drug-likeness (QED) is 0.603. The van der Waals surface area contributed by atoms with Crippen molar-refractivity contribution in [2.24, 2.45) is 0 Å². The molecule has 0 spiro atoms. The predicted octanol–water partition coefficient (Wildman–Crippen LogP) is 3.87. The van der Waals surface area contributed by atoms with Crippen LogP contribution in [-0.2, 0) is 12.6 Å². The average Bonchev–Trinajstić information content (AvgIpc) is 2.59. The molecule has 0 aliphatic heterocycles. The molecule has 0 aliphatic carbocycles. The number of aliphatic hydroxyl groups excluding tert-OH is 1. The van der Waals surface area contributed by atoms with Crippen molar-refractivity contribution in [3.05, 3.63) is 65.2 Å². The van der Waals surface area contributed by atoms with E-state index in [0.29, 0.717) is 6.42 Å². The molecule has 2 rings (SSSR count). The second-order valence-corrected chi connectivity index (χ2v) is 6.02. The number of hydrogen-bond donors (Lipinski definition) is 2. The Hall–Kier alpha value is -2.17. The van der Waals surface area contributed by atoms with E-state index in [1.807, 2.05) is 30.3 Å². The molecule has 1 N–H and O–H groups in total. The van der Waals surface area contributed by atoms with E-state index in [1.54, 1.807) is 11.0 Å². The molecular formula is C18H17F3N2OS. The summed E-state index contributed by atoms with van der Waals surface area (Å²) in [5.41, 5.74) is -0.180. The maximum absolute atomic E-state index is 13.2. The van der Waals surface area contributed by atoms with Gasteiger partial charge in [0, 0.05) is 18.7 Å². The van der Waals surface area contributed by atoms with Crippen LogP contribution in [0.1, 0.15) is 16.7 Å². The number of halogens is 3. The van der Waals surface area contributed by atoms with Crippen LogP contribution in [0, 0.1) is 11.3 Å². The minimum atomic E-state index is -4.63. The van der Waals surface area contributed by atoms with E-state index in [1.165, 1.54) is 6.07 Å². The fourth-order valence-electron chi connectivity index (χ4n) is 2.54. The Kier molecular flexibility index (Phi) is 6.34. The lowest BCUT2D eigenvalue weighted by atomic mass is 10.1. The molecule has 0 aliphatic rings. The number of alkyl halides is 3. The van der Waals surface area contributed by atoms with Crippen molar-refractivity contribution in [1.29, 1.82) is 5.26 Å². The molecule has 2 aromatic carbocycles. The van der Waals surface area contributed by atoms with Gasteiger partial charge in [-0.15, -0.1) is 0 Å². The van der Waals surface area contributed by atoms with Crippen LogP contribution in [0.25, 0.3) is 0 Å². The highest BCUT2D eigenvalue weighted by atomic mass is 32.1. The zero-order valence-corrected chi connectivity index (χ0v) is 14.1. The molecule has 132 valence electrons. The molecule has 0 radical (unpaired) electrons. The summed E-state index contributed by atoms with van der Waals surface area (Å²) in [6.45, 7) is -0.0998. The smallest absolute Gasteiger partial charge is 0.395 e. The lowest BCUT2D eigenvalue weighted by molar-refractivity contribution is -0.137. The first-order chi connectivity index (χ1) is 11.9. The van der Waals surface area contributed by atoms with Gasteiger partial charge in [0.1, 0.15) is 0 Å². The van der Waals surface area contributed by atoms with Crippen molar-refractivity contribution < 1.29 is 18.3 Å². The standard InChI is InChI=1S/C18H17F3N2OS/c19-18(20,21)16-11-15(7-6-14(16)12-22)23(8-9-24)17(25)10-13-4-2-1-3-5-13/h1-7,11,17,24-25H,8-10H2/t17-/m1/s1. The summed E-state index contributed by atoms with van der Waals surface area (Å²) in [5, 5.41) is 17.8. The van der Waals surface area contributed by atoms with Gasteiger partial charge in [-0.2, -0.15) is 31.1 Å². The van der Waals surface area contributed by atoms with Gasteiger partial charge in [-0.05, 0) is 23.8 Å². The second kappa shape index (κ2) is 8.28. The number of thiol groups is 1. The number of nitriles is 1. The number of hydrogen-bond acceptors (Lipinski definition) is 4. The number of aliphatic hydroxyl groups is 1. The summed E-state index contributed by atoms with van der Waals surface area (Å²) in [6, 6.07) is 14.5. The molecule has 2 aromatic rings. The fourth-order valence-corrected chi connectivity index (χ4v) is 3.00. The Morgan fingerprint density at radius 3 is 2.40 bits per heavy atom. The molecule has 0 saturated carbocycles. The molecule has 3 nitrogen and oxygen atoms in total. The van der Waals surface area contributed by atoms with Crippen LogP contribution < -0.4 is 4.90 Å². The van der Waals surface area contributed by atoms with Crippen molar-refractivity contribution in [1.82, 2.24) is 0 Å². The SMILES string of the molecule is N#Cc1ccc(N(CCO)[C@H](S)Cc2ccccc2)cc1C(F)(F)F. The lowest BCUT2D eigenvalue weighted by Gasteiger charge is -2.31. The minimum Gasteiger partial charge on any atom is -0.395 e. The van der Waals surface area contributed by atoms with Gasteiger partial charge in [-0.3, -0.25) is 0 Å². The Bertz CT molecular complexity index is 744. The Morgan fingerprint density at radius 1 is 1.16 bits per heavy atom. The number of rotatable bonds is 6. The molecular weight excluding hydrogens is 349 g/mol. The van der Waals surface area contributed by atoms with Crippen LogP contribution in [0.15, 0.2) is 48.5 Å². The zero-order chi connectivity index (χ0) is 18.4. The van der Waals surface area contributed by atoms with E-state index >= 15 is 0 Å². The first-order valence-electron chi connectivity index (χ1n) is 7.57. The summed E-state index contributed by atoms with van der Waals surface area (Å²) in [6.07, 6.45) is -4.14. The van der Waals surface area contributed by atoms with Crippen molar-refractivity contribution in [3.63, 3.8) is 0 Å². The summed E-state index contributed by atoms with van der Waals surface area (Å²) >= 11 is 4.51. The van der Waals surface area contributed by atoms with Crippen LogP contribution in [0.3, 0.4) is 0 Å². The van der Waals surface area contributed by atoms with Gasteiger partial charge in [-0.25, -0.2) is 0 Å². The summed E-state index contributed by atoms with van der Waals surface area (Å²) in [5.74, 6) is 0. The molecule has 1 atom stereocenters. The zero-order valence-electron chi connectivity index (χ0n) is 13.2. The molecule has 0 heterocycles. The summed E-state index contributed by atoms with van der Waals surface area (Å²) < 4.78 is 39.5. The molecule has 7 heteroatoms. The largest absolute Gasteiger partial charge is 0.417 e. The second-order valence-electron chi connectivity index (χ2n) is 5.43. The molecule has 0 amide bonds. The number of anilines is 1. The molecule has 0 saturated heterocycles. The highest BCUT2D eigenvalue weighted by molar-refractivity contribution is 7.81. The fraction of sp³-hybridized carbons (Fsp3) is 0.278. The average molecular weight is 366 g/mol. The van der Waals surface area contributed by atoms with Crippen LogP contribution in [0.4, 0.5) is 18.9 Å². The van der Waals surface area contributed by atoms with Gasteiger partial charge in [-0.1, -0.05) is 30.3 Å². The minimum absolute atomic E-state index is 0.129. The van der Waals surface area contributed by atoms with Crippen LogP contribution in [-0.4, -0.2) is 23.6 Å². The van der Waals surface area contributed by atoms with Crippen molar-refractivity contribution in [2.75, 3.05) is 18.1 Å². The van der Waals surface area contributed by atoms with Crippen LogP contribution >= 0.6 is 12.6 Å². The maximum Gasteiger partial charge on any atom is 0.417 e. The van der Waals surface area contributed by atoms with Gasteiger partial charge in [0.15, 0.2) is 0 Å². The van der Waals surface area contributed by atoms with Gasteiger partial charge in [0.2, 0.25) is 0 Å². The van der Waals surface area contributed by atoms with E-state index in [0.717, 1.165) is 17.7 Å². The predicted molar refractivity (Wildman–Crippen MR) is 93.5 cm³/mol. The topological polar surface area (TPSA) is 47.3 Å². The third-order valence-corrected chi connectivity index (χ3v) is 4.18. The third-order valence-electron chi connectivity index (χ3n) is 3.72. The van der Waals surface area contributed by atoms with E-state index in [9.17, 15) is 18.3 Å². The van der Waals surface area contributed by atoms with Gasteiger partial charge < -0.3 is 10.0 Å². The van der Waals surface area contributed by atoms with E-state index in [4.69, 9.17) is 5.26 Å². The van der Waals surface area contributed by atoms with E-state index in [2.05, 4.69) is 12.6 Å². The molecule has 0 unspecified atom stereocenters. The monoisotopic (exact) mass is 366 g/mol. The van der Waals surface area contributed by atoms with Crippen molar-refractivity contribution >= 4 is 18.3 Å². The first-order valence-corrected chi connectivity index (χ1v) is 8.09. The number of nitrogens with zero attached hydrogens (tertiary/aromatic N) is 2. The highest BCUT2D eigenvalue weighted by Gasteiger charge is 2.34. The lowest BCUT2D eigenvalue weighted by Crippen LogP contribution is -2.35. The highest BCUT2D eigenvalue weighted by Crippen LogP contribution is 2.35. The van der Waals surface area contributed by atoms with Gasteiger partial charge in [0.05, 0.1) is 29.2 Å². The molecule has 0 aromatic heterocycles. The van der Waals surface area contributed by atoms with Crippen LogP contribution in [0.2, 0.25) is 0 Å². The van der Waals surface area contributed by atoms with Crippen LogP contribution in [0.5, 0.6) is 0 Å². The molecule has 0 bridgehead atoms. The molecule has 25 heavy (non-hydrogen) atoms. The Morgan fingerprint density at radius 2 is 1.84 bits per heavy atom. The molecule has 0 fully saturated rings. The third kappa shape index (κ3) is 4.91. The van der Waals surface area contributed by atoms with E-state index < -0.39 is 22.7 Å². The van der Waals surface area contributed by atoms with Gasteiger partial charge in [0.25, 0.3) is 0 Å². The summed E-state index contributed by atoms with van der Waals surface area (Å²) in [4.78, 5) is 1.59. The normalized spacial score (nSPS) is 12.5. The Balaban J connectivity index is 2.35. The van der Waals surface area contributed by atoms with Crippen molar-refractivity contribution in [3.8, 4) is 6.07 Å². The number of benzene rings is 2. The Labute approximate surface area is 149 Å². The van der Waals surface area contributed by atoms with E-state index in [-0.39, 0.29) is 18.8 Å². The summed E-state index contributed by atoms with van der Waals surface area (Å²) in [7, 11) is 0.